The molecule has 0 aliphatic rings. The zero-order valence-corrected chi connectivity index (χ0v) is 14.0. The molecule has 0 fully saturated rings. The van der Waals surface area contributed by atoms with Crippen molar-refractivity contribution in [2.75, 3.05) is 13.7 Å². The predicted octanol–water partition coefficient (Wildman–Crippen LogP) is 4.03. The van der Waals surface area contributed by atoms with Gasteiger partial charge in [-0.2, -0.15) is 0 Å². The zero-order valence-electron chi connectivity index (χ0n) is 14.0. The summed E-state index contributed by atoms with van der Waals surface area (Å²) in [4.78, 5) is 8.72. The van der Waals surface area contributed by atoms with E-state index in [-0.39, 0.29) is 5.75 Å². The van der Waals surface area contributed by atoms with E-state index < -0.39 is 0 Å². The molecule has 126 valence electrons. The number of phenolic OH excluding ortho intramolecular Hbond substituents is 1. The van der Waals surface area contributed by atoms with Crippen LogP contribution in [0, 0.1) is 0 Å². The van der Waals surface area contributed by atoms with Crippen LogP contribution in [0.3, 0.4) is 0 Å². The fraction of sp³-hybridized carbons (Fsp3) is 0.263. The smallest absolute Gasteiger partial charge is 0.226 e. The van der Waals surface area contributed by atoms with Crippen molar-refractivity contribution in [1.82, 2.24) is 4.98 Å². The summed E-state index contributed by atoms with van der Waals surface area (Å²) in [5.74, 6) is 1.07. The second kappa shape index (κ2) is 8.72. The first-order valence-corrected chi connectivity index (χ1v) is 7.85. The predicted molar refractivity (Wildman–Crippen MR) is 95.3 cm³/mol. The van der Waals surface area contributed by atoms with Gasteiger partial charge in [0.25, 0.3) is 0 Å². The van der Waals surface area contributed by atoms with Crippen LogP contribution >= 0.6 is 0 Å². The van der Waals surface area contributed by atoms with E-state index in [1.165, 1.54) is 0 Å². The molecule has 5 nitrogen and oxygen atoms in total. The minimum absolute atomic E-state index is 0.196. The minimum atomic E-state index is 0.196. The van der Waals surface area contributed by atoms with Crippen molar-refractivity contribution in [3.63, 3.8) is 0 Å². The van der Waals surface area contributed by atoms with Crippen molar-refractivity contribution in [3.8, 4) is 11.6 Å². The first-order valence-electron chi connectivity index (χ1n) is 7.85. The van der Waals surface area contributed by atoms with Crippen LogP contribution in [0.15, 0.2) is 54.2 Å². The molecule has 0 aliphatic heterocycles. The Balaban J connectivity index is 2.27. The number of ether oxygens (including phenoxy) is 2. The average Bonchev–Trinajstić information content (AvgIpc) is 2.61. The highest BCUT2D eigenvalue weighted by atomic mass is 16.5. The van der Waals surface area contributed by atoms with Crippen LogP contribution < -0.4 is 4.74 Å². The number of methoxy groups -OCH3 is 1. The number of unbranched alkanes of at least 4 members (excludes halogenated alkanes) is 1. The third-order valence-corrected chi connectivity index (χ3v) is 3.37. The summed E-state index contributed by atoms with van der Waals surface area (Å²) in [6.45, 7) is 6.66. The number of hydrogen-bond donors (Lipinski definition) is 1. The standard InChI is InChI=1S/C19H22N2O3/c1-4-5-13-24-18-17(7-6-12-20-18)19(23-3)21-14(2)15-8-10-16(22)11-9-15/h6-12,22H,2,4-5,13H2,1,3H3. The maximum atomic E-state index is 9.37. The van der Waals surface area contributed by atoms with E-state index in [1.807, 2.05) is 6.07 Å². The van der Waals surface area contributed by atoms with Gasteiger partial charge in [0.15, 0.2) is 0 Å². The van der Waals surface area contributed by atoms with Crippen LogP contribution in [0.2, 0.25) is 0 Å². The topological polar surface area (TPSA) is 63.9 Å². The van der Waals surface area contributed by atoms with E-state index in [1.54, 1.807) is 43.6 Å². The van der Waals surface area contributed by atoms with Crippen molar-refractivity contribution in [2.24, 2.45) is 4.99 Å². The van der Waals surface area contributed by atoms with Crippen molar-refractivity contribution >= 4 is 11.6 Å². The summed E-state index contributed by atoms with van der Waals surface area (Å²) in [6, 6.07) is 10.3. The number of aliphatic imine (C=N–C) groups is 1. The SMILES string of the molecule is C=C(N=C(OC)c1cccnc1OCCCC)c1ccc(O)cc1. The molecule has 0 amide bonds. The van der Waals surface area contributed by atoms with Gasteiger partial charge in [-0.15, -0.1) is 0 Å². The molecule has 0 spiro atoms. The molecule has 2 aromatic rings. The number of rotatable bonds is 7. The van der Waals surface area contributed by atoms with Crippen LogP contribution in [0.25, 0.3) is 5.70 Å². The average molecular weight is 326 g/mol. The molecule has 0 saturated carbocycles. The normalized spacial score (nSPS) is 11.2. The first-order chi connectivity index (χ1) is 11.7. The third-order valence-electron chi connectivity index (χ3n) is 3.37. The molecular weight excluding hydrogens is 304 g/mol. The first kappa shape index (κ1) is 17.5. The molecule has 2 rings (SSSR count). The highest BCUT2D eigenvalue weighted by Crippen LogP contribution is 2.21. The van der Waals surface area contributed by atoms with Crippen molar-refractivity contribution < 1.29 is 14.6 Å². The maximum Gasteiger partial charge on any atom is 0.226 e. The molecule has 0 unspecified atom stereocenters. The Labute approximate surface area is 142 Å². The quantitative estimate of drug-likeness (QED) is 0.474. The monoisotopic (exact) mass is 326 g/mol. The van der Waals surface area contributed by atoms with E-state index in [0.29, 0.717) is 29.6 Å². The highest BCUT2D eigenvalue weighted by molar-refractivity contribution is 5.99. The van der Waals surface area contributed by atoms with Gasteiger partial charge in [-0.3, -0.25) is 0 Å². The minimum Gasteiger partial charge on any atom is -0.508 e. The fourth-order valence-corrected chi connectivity index (χ4v) is 2.04. The molecule has 0 atom stereocenters. The van der Waals surface area contributed by atoms with Gasteiger partial charge in [-0.25, -0.2) is 9.98 Å². The van der Waals surface area contributed by atoms with Crippen LogP contribution in [0.1, 0.15) is 30.9 Å². The van der Waals surface area contributed by atoms with E-state index in [0.717, 1.165) is 18.4 Å². The summed E-state index contributed by atoms with van der Waals surface area (Å²) in [6.07, 6.45) is 3.67. The number of phenols is 1. The summed E-state index contributed by atoms with van der Waals surface area (Å²) in [7, 11) is 1.55. The van der Waals surface area contributed by atoms with Gasteiger partial charge in [-0.05, 0) is 48.4 Å². The summed E-state index contributed by atoms with van der Waals surface area (Å²) in [5, 5.41) is 9.37. The number of aromatic hydroxyl groups is 1. The van der Waals surface area contributed by atoms with Crippen LogP contribution in [-0.4, -0.2) is 29.7 Å². The van der Waals surface area contributed by atoms with Crippen molar-refractivity contribution in [2.45, 2.75) is 19.8 Å². The maximum absolute atomic E-state index is 9.37. The molecule has 0 saturated heterocycles. The Morgan fingerprint density at radius 3 is 2.67 bits per heavy atom. The molecule has 24 heavy (non-hydrogen) atoms. The van der Waals surface area contributed by atoms with Gasteiger partial charge in [0.1, 0.15) is 5.75 Å². The Kier molecular flexibility index (Phi) is 6.37. The lowest BCUT2D eigenvalue weighted by molar-refractivity contribution is 0.295. The highest BCUT2D eigenvalue weighted by Gasteiger charge is 2.13. The van der Waals surface area contributed by atoms with E-state index >= 15 is 0 Å². The summed E-state index contributed by atoms with van der Waals surface area (Å²) >= 11 is 0. The number of nitrogens with zero attached hydrogens (tertiary/aromatic N) is 2. The molecule has 1 N–H and O–H groups in total. The molecule has 0 radical (unpaired) electrons. The second-order valence-electron chi connectivity index (χ2n) is 5.17. The van der Waals surface area contributed by atoms with Crippen molar-refractivity contribution in [3.05, 3.63) is 60.3 Å². The zero-order chi connectivity index (χ0) is 17.4. The lowest BCUT2D eigenvalue weighted by Gasteiger charge is -2.11. The number of hydrogen-bond acceptors (Lipinski definition) is 5. The molecular formula is C19H22N2O3. The Hall–Kier alpha value is -2.82. The van der Waals surface area contributed by atoms with Crippen LogP contribution in [0.5, 0.6) is 11.6 Å². The fourth-order valence-electron chi connectivity index (χ4n) is 2.04. The van der Waals surface area contributed by atoms with Crippen LogP contribution in [0.4, 0.5) is 0 Å². The molecule has 1 aromatic carbocycles. The lowest BCUT2D eigenvalue weighted by atomic mass is 10.1. The summed E-state index contributed by atoms with van der Waals surface area (Å²) in [5.41, 5.74) is 1.99. The summed E-state index contributed by atoms with van der Waals surface area (Å²) < 4.78 is 11.1. The third kappa shape index (κ3) is 4.59. The lowest BCUT2D eigenvalue weighted by Crippen LogP contribution is -2.09. The molecule has 1 aromatic heterocycles. The largest absolute Gasteiger partial charge is 0.508 e. The van der Waals surface area contributed by atoms with Gasteiger partial charge in [0.2, 0.25) is 11.8 Å². The molecule has 0 bridgehead atoms. The number of benzene rings is 1. The Bertz CT molecular complexity index is 709. The van der Waals surface area contributed by atoms with Crippen molar-refractivity contribution in [1.29, 1.82) is 0 Å². The van der Waals surface area contributed by atoms with Gasteiger partial charge < -0.3 is 14.6 Å². The number of pyridine rings is 1. The van der Waals surface area contributed by atoms with E-state index in [2.05, 4.69) is 23.5 Å². The van der Waals surface area contributed by atoms with Gasteiger partial charge in [0.05, 0.1) is 25.0 Å². The van der Waals surface area contributed by atoms with Crippen LogP contribution in [-0.2, 0) is 4.74 Å². The second-order valence-corrected chi connectivity index (χ2v) is 5.17. The molecule has 1 heterocycles. The molecule has 0 aliphatic carbocycles. The Morgan fingerprint density at radius 1 is 1.25 bits per heavy atom. The van der Waals surface area contributed by atoms with E-state index in [9.17, 15) is 5.11 Å². The Morgan fingerprint density at radius 2 is 2.00 bits per heavy atom. The molecule has 5 heteroatoms. The van der Waals surface area contributed by atoms with E-state index in [4.69, 9.17) is 9.47 Å². The van der Waals surface area contributed by atoms with Gasteiger partial charge >= 0.3 is 0 Å². The van der Waals surface area contributed by atoms with Gasteiger partial charge in [-0.1, -0.05) is 19.9 Å². The van der Waals surface area contributed by atoms with Gasteiger partial charge in [0, 0.05) is 6.20 Å². The number of aromatic nitrogens is 1.